The number of amides is 1. The smallest absolute Gasteiger partial charge is 0.224 e. The molecular weight excluding hydrogens is 178 g/mol. The number of rotatable bonds is 7. The van der Waals surface area contributed by atoms with Gasteiger partial charge in [0.25, 0.3) is 0 Å². The Kier molecular flexibility index (Phi) is 7.42. The number of likely N-dealkylation sites (N-methyl/N-ethyl adjacent to an activating group) is 1. The van der Waals surface area contributed by atoms with Gasteiger partial charge in [-0.15, -0.1) is 0 Å². The molecule has 1 unspecified atom stereocenters. The summed E-state index contributed by atoms with van der Waals surface area (Å²) in [5, 5.41) is 6.06. The molecule has 84 valence electrons. The van der Waals surface area contributed by atoms with Crippen molar-refractivity contribution >= 4 is 5.91 Å². The highest BCUT2D eigenvalue weighted by atomic mass is 16.1. The molecule has 0 radical (unpaired) electrons. The fourth-order valence-electron chi connectivity index (χ4n) is 1.03. The Morgan fingerprint density at radius 1 is 1.43 bits per heavy atom. The molecule has 0 aliphatic carbocycles. The monoisotopic (exact) mass is 201 g/mol. The highest BCUT2D eigenvalue weighted by molar-refractivity contribution is 5.78. The summed E-state index contributed by atoms with van der Waals surface area (Å²) in [5.41, 5.74) is 0. The Hall–Kier alpha value is -0.610. The lowest BCUT2D eigenvalue weighted by Crippen LogP contribution is -2.38. The van der Waals surface area contributed by atoms with Crippen LogP contribution < -0.4 is 10.6 Å². The van der Waals surface area contributed by atoms with Crippen molar-refractivity contribution in [3.05, 3.63) is 0 Å². The van der Waals surface area contributed by atoms with Gasteiger partial charge in [0.1, 0.15) is 0 Å². The average molecular weight is 201 g/mol. The van der Waals surface area contributed by atoms with E-state index < -0.39 is 0 Å². The van der Waals surface area contributed by atoms with Gasteiger partial charge in [-0.05, 0) is 20.6 Å². The topological polar surface area (TPSA) is 44.4 Å². The van der Waals surface area contributed by atoms with Crippen LogP contribution >= 0.6 is 0 Å². The molecule has 0 aromatic rings. The van der Waals surface area contributed by atoms with Crippen LogP contribution in [0, 0.1) is 5.92 Å². The third-order valence-electron chi connectivity index (χ3n) is 2.01. The number of nitrogens with zero attached hydrogens (tertiary/aromatic N) is 1. The number of hydrogen-bond donors (Lipinski definition) is 2. The van der Waals surface area contributed by atoms with Gasteiger partial charge in [0.2, 0.25) is 5.91 Å². The van der Waals surface area contributed by atoms with Crippen molar-refractivity contribution in [2.45, 2.75) is 13.8 Å². The molecule has 0 heterocycles. The lowest BCUT2D eigenvalue weighted by Gasteiger charge is -2.14. The molecule has 0 spiro atoms. The van der Waals surface area contributed by atoms with Crippen molar-refractivity contribution in [2.75, 3.05) is 40.3 Å². The summed E-state index contributed by atoms with van der Waals surface area (Å²) in [6.07, 6.45) is 0. The van der Waals surface area contributed by atoms with Crippen LogP contribution in [0.1, 0.15) is 13.8 Å². The van der Waals surface area contributed by atoms with Gasteiger partial charge in [-0.3, -0.25) is 4.79 Å². The van der Waals surface area contributed by atoms with Crippen LogP contribution in [0.2, 0.25) is 0 Å². The zero-order valence-electron chi connectivity index (χ0n) is 9.76. The first kappa shape index (κ1) is 13.4. The van der Waals surface area contributed by atoms with Gasteiger partial charge in [0, 0.05) is 25.6 Å². The van der Waals surface area contributed by atoms with Gasteiger partial charge in [-0.25, -0.2) is 0 Å². The van der Waals surface area contributed by atoms with Crippen LogP contribution in [0.5, 0.6) is 0 Å². The SMILES string of the molecule is CCNCC(C)C(=O)NCCN(C)C. The Bertz CT molecular complexity index is 159. The molecule has 1 atom stereocenters. The number of nitrogens with one attached hydrogen (secondary N) is 2. The second kappa shape index (κ2) is 7.76. The molecule has 0 saturated carbocycles. The summed E-state index contributed by atoms with van der Waals surface area (Å²) in [6, 6.07) is 0. The maximum absolute atomic E-state index is 11.5. The zero-order chi connectivity index (χ0) is 11.0. The second-order valence-corrected chi connectivity index (χ2v) is 3.80. The molecule has 0 aromatic heterocycles. The van der Waals surface area contributed by atoms with E-state index in [4.69, 9.17) is 0 Å². The summed E-state index contributed by atoms with van der Waals surface area (Å²) in [6.45, 7) is 7.26. The van der Waals surface area contributed by atoms with Gasteiger partial charge < -0.3 is 15.5 Å². The van der Waals surface area contributed by atoms with Gasteiger partial charge in [0.05, 0.1) is 0 Å². The molecule has 4 heteroatoms. The fraction of sp³-hybridized carbons (Fsp3) is 0.900. The predicted octanol–water partition coefficient (Wildman–Crippen LogP) is -0.0902. The average Bonchev–Trinajstić information content (AvgIpc) is 2.13. The third-order valence-corrected chi connectivity index (χ3v) is 2.01. The number of carbonyl (C=O) groups is 1. The van der Waals surface area contributed by atoms with Crippen LogP contribution in [0.3, 0.4) is 0 Å². The summed E-state index contributed by atoms with van der Waals surface area (Å²) in [4.78, 5) is 13.5. The van der Waals surface area contributed by atoms with E-state index in [1.807, 2.05) is 27.9 Å². The quantitative estimate of drug-likeness (QED) is 0.605. The number of carbonyl (C=O) groups excluding carboxylic acids is 1. The molecule has 0 fully saturated rings. The van der Waals surface area contributed by atoms with Gasteiger partial charge in [-0.1, -0.05) is 13.8 Å². The fourth-order valence-corrected chi connectivity index (χ4v) is 1.03. The van der Waals surface area contributed by atoms with Gasteiger partial charge >= 0.3 is 0 Å². The van der Waals surface area contributed by atoms with Crippen molar-refractivity contribution in [2.24, 2.45) is 5.92 Å². The Morgan fingerprint density at radius 2 is 2.07 bits per heavy atom. The summed E-state index contributed by atoms with van der Waals surface area (Å²) >= 11 is 0. The minimum Gasteiger partial charge on any atom is -0.355 e. The van der Waals surface area contributed by atoms with Crippen molar-refractivity contribution in [1.29, 1.82) is 0 Å². The molecule has 0 aliphatic heterocycles. The van der Waals surface area contributed by atoms with Crippen molar-refractivity contribution in [3.63, 3.8) is 0 Å². The van der Waals surface area contributed by atoms with Gasteiger partial charge in [0.15, 0.2) is 0 Å². The molecule has 1 amide bonds. The predicted molar refractivity (Wildman–Crippen MR) is 59.3 cm³/mol. The van der Waals surface area contributed by atoms with Crippen molar-refractivity contribution in [3.8, 4) is 0 Å². The maximum Gasteiger partial charge on any atom is 0.224 e. The van der Waals surface area contributed by atoms with Crippen LogP contribution in [0.4, 0.5) is 0 Å². The third kappa shape index (κ3) is 6.86. The summed E-state index contributed by atoms with van der Waals surface area (Å²) in [5.74, 6) is 0.185. The Labute approximate surface area is 87.0 Å². The van der Waals surface area contributed by atoms with E-state index >= 15 is 0 Å². The molecule has 0 bridgehead atoms. The van der Waals surface area contributed by atoms with Crippen LogP contribution in [0.15, 0.2) is 0 Å². The van der Waals surface area contributed by atoms with Crippen LogP contribution in [0.25, 0.3) is 0 Å². The van der Waals surface area contributed by atoms with Crippen LogP contribution in [-0.4, -0.2) is 51.1 Å². The first-order valence-electron chi connectivity index (χ1n) is 5.21. The molecule has 0 aliphatic rings. The van der Waals surface area contributed by atoms with E-state index in [1.165, 1.54) is 0 Å². The van der Waals surface area contributed by atoms with Crippen LogP contribution in [-0.2, 0) is 4.79 Å². The molecule has 14 heavy (non-hydrogen) atoms. The minimum atomic E-state index is 0.0529. The van der Waals surface area contributed by atoms with E-state index in [2.05, 4.69) is 15.5 Å². The normalized spacial score (nSPS) is 12.9. The van der Waals surface area contributed by atoms with E-state index in [-0.39, 0.29) is 11.8 Å². The van der Waals surface area contributed by atoms with E-state index in [1.54, 1.807) is 0 Å². The minimum absolute atomic E-state index is 0.0529. The lowest BCUT2D eigenvalue weighted by molar-refractivity contribution is -0.124. The Morgan fingerprint density at radius 3 is 2.57 bits per heavy atom. The first-order chi connectivity index (χ1) is 6.57. The highest BCUT2D eigenvalue weighted by Crippen LogP contribution is 1.91. The zero-order valence-corrected chi connectivity index (χ0v) is 9.76. The molecule has 0 aromatic carbocycles. The Balaban J connectivity index is 3.52. The van der Waals surface area contributed by atoms with Gasteiger partial charge in [-0.2, -0.15) is 0 Å². The molecule has 2 N–H and O–H groups in total. The maximum atomic E-state index is 11.5. The van der Waals surface area contributed by atoms with Crippen molar-refractivity contribution < 1.29 is 4.79 Å². The first-order valence-corrected chi connectivity index (χ1v) is 5.21. The second-order valence-electron chi connectivity index (χ2n) is 3.80. The lowest BCUT2D eigenvalue weighted by atomic mass is 10.1. The van der Waals surface area contributed by atoms with E-state index in [9.17, 15) is 4.79 Å². The molecule has 4 nitrogen and oxygen atoms in total. The largest absolute Gasteiger partial charge is 0.355 e. The summed E-state index contributed by atoms with van der Waals surface area (Å²) in [7, 11) is 3.99. The van der Waals surface area contributed by atoms with Crippen molar-refractivity contribution in [1.82, 2.24) is 15.5 Å². The molecule has 0 saturated heterocycles. The van der Waals surface area contributed by atoms with E-state index in [0.717, 1.165) is 26.2 Å². The number of hydrogen-bond acceptors (Lipinski definition) is 3. The summed E-state index contributed by atoms with van der Waals surface area (Å²) < 4.78 is 0. The highest BCUT2D eigenvalue weighted by Gasteiger charge is 2.10. The molecule has 0 rings (SSSR count). The molecular formula is C10H23N3O. The van der Waals surface area contributed by atoms with E-state index in [0.29, 0.717) is 0 Å². The standard InChI is InChI=1S/C10H23N3O/c1-5-11-8-9(2)10(14)12-6-7-13(3)4/h9,11H,5-8H2,1-4H3,(H,12,14).